The zero-order chi connectivity index (χ0) is 13.1. The third-order valence-electron chi connectivity index (χ3n) is 2.58. The predicted molar refractivity (Wildman–Crippen MR) is 65.8 cm³/mol. The number of fused-ring (bicyclic) bond motifs is 1. The number of carbonyl (C=O) groups is 2. The molecule has 0 radical (unpaired) electrons. The molecule has 0 amide bonds. The van der Waals surface area contributed by atoms with Crippen LogP contribution in [0, 0.1) is 0 Å². The second-order valence-electron chi connectivity index (χ2n) is 3.63. The number of nitrogens with one attached hydrogen (secondary N) is 1. The van der Waals surface area contributed by atoms with Crippen molar-refractivity contribution in [1.82, 2.24) is 4.98 Å². The SMILES string of the molecule is CCOc1cccc2[nH]cc(C(=O)C(=O)OC)c12. The van der Waals surface area contributed by atoms with Crippen LogP contribution in [0.1, 0.15) is 17.3 Å². The molecule has 0 saturated heterocycles. The fourth-order valence-corrected chi connectivity index (χ4v) is 1.81. The fraction of sp³-hybridized carbons (Fsp3) is 0.231. The van der Waals surface area contributed by atoms with Gasteiger partial charge in [-0.25, -0.2) is 4.79 Å². The van der Waals surface area contributed by atoms with Gasteiger partial charge in [0.15, 0.2) is 0 Å². The van der Waals surface area contributed by atoms with Crippen molar-refractivity contribution in [3.8, 4) is 5.75 Å². The minimum atomic E-state index is -0.887. The lowest BCUT2D eigenvalue weighted by Gasteiger charge is -2.05. The summed E-state index contributed by atoms with van der Waals surface area (Å²) in [5, 5.41) is 0.606. The van der Waals surface area contributed by atoms with E-state index in [0.29, 0.717) is 17.7 Å². The molecule has 5 heteroatoms. The van der Waals surface area contributed by atoms with Crippen molar-refractivity contribution in [2.75, 3.05) is 13.7 Å². The molecule has 0 saturated carbocycles. The number of ketones is 1. The van der Waals surface area contributed by atoms with Crippen LogP contribution in [-0.2, 0) is 9.53 Å². The van der Waals surface area contributed by atoms with Crippen LogP contribution < -0.4 is 4.74 Å². The van der Waals surface area contributed by atoms with Gasteiger partial charge in [0, 0.05) is 11.7 Å². The Kier molecular flexibility index (Phi) is 3.32. The van der Waals surface area contributed by atoms with Crippen molar-refractivity contribution >= 4 is 22.7 Å². The van der Waals surface area contributed by atoms with E-state index in [0.717, 1.165) is 5.52 Å². The molecule has 5 nitrogen and oxygen atoms in total. The molecule has 0 atom stereocenters. The molecule has 2 aromatic rings. The minimum Gasteiger partial charge on any atom is -0.493 e. The van der Waals surface area contributed by atoms with Crippen molar-refractivity contribution in [3.63, 3.8) is 0 Å². The number of hydrogen-bond donors (Lipinski definition) is 1. The van der Waals surface area contributed by atoms with E-state index in [-0.39, 0.29) is 5.56 Å². The van der Waals surface area contributed by atoms with E-state index in [1.807, 2.05) is 19.1 Å². The van der Waals surface area contributed by atoms with E-state index in [1.165, 1.54) is 13.3 Å². The van der Waals surface area contributed by atoms with Gasteiger partial charge in [-0.15, -0.1) is 0 Å². The standard InChI is InChI=1S/C13H13NO4/c1-3-18-10-6-4-5-9-11(10)8(7-14-9)12(15)13(16)17-2/h4-7,14H,3H2,1-2H3. The molecule has 0 unspecified atom stereocenters. The Morgan fingerprint density at radius 3 is 2.78 bits per heavy atom. The highest BCUT2D eigenvalue weighted by Gasteiger charge is 2.22. The van der Waals surface area contributed by atoms with Crippen molar-refractivity contribution in [2.45, 2.75) is 6.92 Å². The zero-order valence-corrected chi connectivity index (χ0v) is 10.1. The van der Waals surface area contributed by atoms with E-state index < -0.39 is 11.8 Å². The number of Topliss-reactive ketones (excluding diaryl/α,β-unsaturated/α-hetero) is 1. The summed E-state index contributed by atoms with van der Waals surface area (Å²) in [6, 6.07) is 5.38. The molecule has 0 spiro atoms. The van der Waals surface area contributed by atoms with Crippen molar-refractivity contribution in [3.05, 3.63) is 30.0 Å². The Hall–Kier alpha value is -2.30. The molecular weight excluding hydrogens is 234 g/mol. The number of ether oxygens (including phenoxy) is 2. The maximum absolute atomic E-state index is 11.9. The Balaban J connectivity index is 2.58. The largest absolute Gasteiger partial charge is 0.493 e. The topological polar surface area (TPSA) is 68.4 Å². The molecule has 1 aromatic carbocycles. The average molecular weight is 247 g/mol. The maximum atomic E-state index is 11.9. The highest BCUT2D eigenvalue weighted by atomic mass is 16.5. The smallest absolute Gasteiger partial charge is 0.379 e. The molecule has 2 rings (SSSR count). The van der Waals surface area contributed by atoms with Crippen LogP contribution in [0.15, 0.2) is 24.4 Å². The van der Waals surface area contributed by atoms with Gasteiger partial charge in [-0.3, -0.25) is 4.79 Å². The molecule has 1 N–H and O–H groups in total. The van der Waals surface area contributed by atoms with E-state index in [1.54, 1.807) is 6.07 Å². The lowest BCUT2D eigenvalue weighted by molar-refractivity contribution is -0.135. The number of carbonyl (C=O) groups excluding carboxylic acids is 2. The molecule has 94 valence electrons. The Bertz CT molecular complexity index is 600. The summed E-state index contributed by atoms with van der Waals surface area (Å²) in [4.78, 5) is 26.1. The molecule has 0 fully saturated rings. The molecule has 0 aliphatic rings. The van der Waals surface area contributed by atoms with Crippen LogP contribution in [0.4, 0.5) is 0 Å². The van der Waals surface area contributed by atoms with Gasteiger partial charge in [0.05, 0.1) is 24.7 Å². The number of aromatic amines is 1. The van der Waals surface area contributed by atoms with Crippen molar-refractivity contribution in [2.24, 2.45) is 0 Å². The van der Waals surface area contributed by atoms with Crippen LogP contribution in [-0.4, -0.2) is 30.5 Å². The highest BCUT2D eigenvalue weighted by molar-refractivity contribution is 6.43. The average Bonchev–Trinajstić information content (AvgIpc) is 2.82. The Morgan fingerprint density at radius 1 is 1.33 bits per heavy atom. The monoisotopic (exact) mass is 247 g/mol. The van der Waals surface area contributed by atoms with Crippen LogP contribution in [0.3, 0.4) is 0 Å². The second-order valence-corrected chi connectivity index (χ2v) is 3.63. The summed E-state index contributed by atoms with van der Waals surface area (Å²) in [5.74, 6) is -0.999. The van der Waals surface area contributed by atoms with Gasteiger partial charge in [-0.1, -0.05) is 6.07 Å². The van der Waals surface area contributed by atoms with Crippen LogP contribution in [0.5, 0.6) is 5.75 Å². The maximum Gasteiger partial charge on any atom is 0.379 e. The van der Waals surface area contributed by atoms with Crippen LogP contribution in [0.2, 0.25) is 0 Å². The summed E-state index contributed by atoms with van der Waals surface area (Å²) < 4.78 is 9.90. The van der Waals surface area contributed by atoms with Gasteiger partial charge < -0.3 is 14.5 Å². The normalized spacial score (nSPS) is 10.3. The van der Waals surface area contributed by atoms with Gasteiger partial charge in [0.25, 0.3) is 5.78 Å². The number of benzene rings is 1. The first kappa shape index (κ1) is 12.2. The van der Waals surface area contributed by atoms with E-state index in [9.17, 15) is 9.59 Å². The second kappa shape index (κ2) is 4.91. The van der Waals surface area contributed by atoms with Crippen LogP contribution in [0.25, 0.3) is 10.9 Å². The molecule has 1 heterocycles. The zero-order valence-electron chi connectivity index (χ0n) is 10.1. The molecule has 18 heavy (non-hydrogen) atoms. The number of H-pyrrole nitrogens is 1. The van der Waals surface area contributed by atoms with E-state index >= 15 is 0 Å². The quantitative estimate of drug-likeness (QED) is 0.509. The van der Waals surface area contributed by atoms with Gasteiger partial charge in [0.1, 0.15) is 5.75 Å². The third-order valence-corrected chi connectivity index (χ3v) is 2.58. The Labute approximate surface area is 104 Å². The third kappa shape index (κ3) is 1.95. The van der Waals surface area contributed by atoms with Gasteiger partial charge in [-0.05, 0) is 19.1 Å². The first-order valence-electron chi connectivity index (χ1n) is 5.54. The number of hydrogen-bond acceptors (Lipinski definition) is 4. The first-order chi connectivity index (χ1) is 8.69. The van der Waals surface area contributed by atoms with Gasteiger partial charge >= 0.3 is 5.97 Å². The van der Waals surface area contributed by atoms with E-state index in [2.05, 4.69) is 9.72 Å². The Morgan fingerprint density at radius 2 is 2.11 bits per heavy atom. The number of aromatic nitrogens is 1. The molecule has 1 aromatic heterocycles. The van der Waals surface area contributed by atoms with Crippen molar-refractivity contribution < 1.29 is 19.1 Å². The first-order valence-corrected chi connectivity index (χ1v) is 5.54. The summed E-state index contributed by atoms with van der Waals surface area (Å²) in [6.45, 7) is 2.34. The lowest BCUT2D eigenvalue weighted by Crippen LogP contribution is -2.15. The minimum absolute atomic E-state index is 0.265. The summed E-state index contributed by atoms with van der Waals surface area (Å²) in [5.41, 5.74) is 1.01. The molecule has 0 aliphatic heterocycles. The van der Waals surface area contributed by atoms with Gasteiger partial charge in [0.2, 0.25) is 0 Å². The molecular formula is C13H13NO4. The van der Waals surface area contributed by atoms with E-state index in [4.69, 9.17) is 4.74 Å². The molecule has 0 aliphatic carbocycles. The highest BCUT2D eigenvalue weighted by Crippen LogP contribution is 2.29. The predicted octanol–water partition coefficient (Wildman–Crippen LogP) is 1.92. The lowest BCUT2D eigenvalue weighted by atomic mass is 10.1. The molecule has 0 bridgehead atoms. The number of methoxy groups -OCH3 is 1. The number of rotatable bonds is 4. The summed E-state index contributed by atoms with van der Waals surface area (Å²) >= 11 is 0. The summed E-state index contributed by atoms with van der Waals surface area (Å²) in [6.07, 6.45) is 1.49. The fourth-order valence-electron chi connectivity index (χ4n) is 1.81. The summed E-state index contributed by atoms with van der Waals surface area (Å²) in [7, 11) is 1.18. The van der Waals surface area contributed by atoms with Gasteiger partial charge in [-0.2, -0.15) is 0 Å². The number of esters is 1. The van der Waals surface area contributed by atoms with Crippen LogP contribution >= 0.6 is 0 Å². The van der Waals surface area contributed by atoms with Crippen molar-refractivity contribution in [1.29, 1.82) is 0 Å².